The lowest BCUT2D eigenvalue weighted by Crippen LogP contribution is -2.26. The van der Waals surface area contributed by atoms with Crippen LogP contribution < -0.4 is 10.1 Å². The van der Waals surface area contributed by atoms with Gasteiger partial charge in [0.1, 0.15) is 11.8 Å². The van der Waals surface area contributed by atoms with Gasteiger partial charge in [0.05, 0.1) is 34.5 Å². The third kappa shape index (κ3) is 3.86. The Kier molecular flexibility index (Phi) is 5.32. The Labute approximate surface area is 140 Å². The molecule has 0 bridgehead atoms. The number of anilines is 1. The van der Waals surface area contributed by atoms with E-state index in [4.69, 9.17) is 4.74 Å². The van der Waals surface area contributed by atoms with Gasteiger partial charge < -0.3 is 10.1 Å². The molecule has 0 aliphatic rings. The summed E-state index contributed by atoms with van der Waals surface area (Å²) in [6.45, 7) is 1.87. The van der Waals surface area contributed by atoms with E-state index in [1.807, 2.05) is 6.92 Å². The van der Waals surface area contributed by atoms with Gasteiger partial charge in [-0.2, -0.15) is 5.10 Å². The summed E-state index contributed by atoms with van der Waals surface area (Å²) in [7, 11) is 1.39. The van der Waals surface area contributed by atoms with Crippen molar-refractivity contribution in [1.82, 2.24) is 9.78 Å². The van der Waals surface area contributed by atoms with Crippen molar-refractivity contribution in [3.8, 4) is 5.75 Å². The molecule has 0 radical (unpaired) electrons. The molecule has 0 aliphatic carbocycles. The van der Waals surface area contributed by atoms with Gasteiger partial charge in [-0.1, -0.05) is 6.92 Å². The third-order valence-corrected chi connectivity index (χ3v) is 3.64. The van der Waals surface area contributed by atoms with E-state index in [2.05, 4.69) is 26.3 Å². The van der Waals surface area contributed by atoms with Gasteiger partial charge in [-0.25, -0.2) is 0 Å². The molecule has 8 nitrogen and oxygen atoms in total. The maximum Gasteiger partial charge on any atom is 0.273 e. The van der Waals surface area contributed by atoms with E-state index in [0.29, 0.717) is 12.1 Å². The van der Waals surface area contributed by atoms with E-state index in [-0.39, 0.29) is 17.3 Å². The fourth-order valence-electron chi connectivity index (χ4n) is 2.09. The summed E-state index contributed by atoms with van der Waals surface area (Å²) in [6.07, 6.45) is 3.85. The van der Waals surface area contributed by atoms with Crippen molar-refractivity contribution in [1.29, 1.82) is 0 Å². The normalized spacial score (nSPS) is 11.8. The molecule has 1 aromatic carbocycles. The number of non-ortho nitro benzene ring substituents is 1. The van der Waals surface area contributed by atoms with Crippen molar-refractivity contribution < 1.29 is 14.5 Å². The lowest BCUT2D eigenvalue weighted by molar-refractivity contribution is -0.384. The van der Waals surface area contributed by atoms with Crippen LogP contribution in [0, 0.1) is 10.1 Å². The molecule has 9 heteroatoms. The third-order valence-electron chi connectivity index (χ3n) is 3.23. The summed E-state index contributed by atoms with van der Waals surface area (Å²) in [5, 5.41) is 17.6. The van der Waals surface area contributed by atoms with Crippen LogP contribution in [0.1, 0.15) is 19.4 Å². The van der Waals surface area contributed by atoms with Crippen molar-refractivity contribution in [2.24, 2.45) is 0 Å². The molecule has 122 valence electrons. The number of nitrogens with zero attached hydrogens (tertiary/aromatic N) is 3. The average Bonchev–Trinajstić information content (AvgIpc) is 2.94. The minimum Gasteiger partial charge on any atom is -0.494 e. The summed E-state index contributed by atoms with van der Waals surface area (Å²) in [6, 6.07) is 3.52. The lowest BCUT2D eigenvalue weighted by Gasteiger charge is -2.16. The number of halogens is 1. The number of benzene rings is 1. The molecular weight excluding hydrogens is 368 g/mol. The molecule has 1 N–H and O–H groups in total. The van der Waals surface area contributed by atoms with Crippen LogP contribution in [-0.4, -0.2) is 27.7 Å². The minimum absolute atomic E-state index is 0.108. The Bertz CT molecular complexity index is 731. The van der Waals surface area contributed by atoms with Crippen LogP contribution in [0.15, 0.2) is 35.1 Å². The highest BCUT2D eigenvalue weighted by Crippen LogP contribution is 2.30. The second kappa shape index (κ2) is 7.23. The first-order valence-electron chi connectivity index (χ1n) is 6.79. The fraction of sp³-hybridized carbons (Fsp3) is 0.286. The molecule has 0 spiro atoms. The maximum absolute atomic E-state index is 12.5. The van der Waals surface area contributed by atoms with Crippen LogP contribution in [0.2, 0.25) is 0 Å². The molecular formula is C14H15BrN4O4. The molecule has 0 saturated heterocycles. The first-order valence-corrected chi connectivity index (χ1v) is 7.58. The second-order valence-corrected chi connectivity index (χ2v) is 5.61. The molecule has 1 atom stereocenters. The van der Waals surface area contributed by atoms with Crippen LogP contribution >= 0.6 is 15.9 Å². The average molecular weight is 383 g/mol. The topological polar surface area (TPSA) is 99.3 Å². The van der Waals surface area contributed by atoms with E-state index in [0.717, 1.165) is 4.47 Å². The van der Waals surface area contributed by atoms with Crippen molar-refractivity contribution in [2.45, 2.75) is 19.4 Å². The summed E-state index contributed by atoms with van der Waals surface area (Å²) in [4.78, 5) is 22.7. The Hall–Kier alpha value is -2.42. The monoisotopic (exact) mass is 382 g/mol. The van der Waals surface area contributed by atoms with Crippen molar-refractivity contribution in [3.05, 3.63) is 45.2 Å². The molecule has 1 amide bonds. The first-order chi connectivity index (χ1) is 11.0. The molecule has 2 rings (SSSR count). The van der Waals surface area contributed by atoms with Crippen LogP contribution in [0.4, 0.5) is 11.4 Å². The molecule has 0 saturated carbocycles. The summed E-state index contributed by atoms with van der Waals surface area (Å²) >= 11 is 3.29. The van der Waals surface area contributed by atoms with Crippen LogP contribution in [0.25, 0.3) is 0 Å². The Balaban J connectivity index is 2.23. The molecule has 2 aromatic rings. The number of methoxy groups -OCH3 is 1. The predicted octanol–water partition coefficient (Wildman–Crippen LogP) is 3.15. The Morgan fingerprint density at radius 2 is 2.30 bits per heavy atom. The molecule has 0 fully saturated rings. The number of hydrogen-bond acceptors (Lipinski definition) is 5. The first kappa shape index (κ1) is 16.9. The van der Waals surface area contributed by atoms with Gasteiger partial charge in [0.25, 0.3) is 5.69 Å². The number of ether oxygens (including phenoxy) is 1. The highest BCUT2D eigenvalue weighted by Gasteiger charge is 2.21. The zero-order chi connectivity index (χ0) is 17.0. The van der Waals surface area contributed by atoms with Crippen molar-refractivity contribution in [3.63, 3.8) is 0 Å². The van der Waals surface area contributed by atoms with Gasteiger partial charge in [-0.3, -0.25) is 19.6 Å². The molecule has 23 heavy (non-hydrogen) atoms. The minimum atomic E-state index is -0.524. The molecule has 0 aliphatic heterocycles. The zero-order valence-corrected chi connectivity index (χ0v) is 14.1. The standard InChI is InChI=1S/C14H15BrN4O4/c1-3-12(18-8-9(15)7-16-18)14(20)17-11-5-4-10(19(21)22)6-13(11)23-2/h4-8,12H,3H2,1-2H3,(H,17,20). The number of rotatable bonds is 6. The highest BCUT2D eigenvalue weighted by atomic mass is 79.9. The smallest absolute Gasteiger partial charge is 0.273 e. The van der Waals surface area contributed by atoms with E-state index < -0.39 is 11.0 Å². The van der Waals surface area contributed by atoms with E-state index in [1.165, 1.54) is 25.3 Å². The van der Waals surface area contributed by atoms with Crippen LogP contribution in [0.3, 0.4) is 0 Å². The maximum atomic E-state index is 12.5. The molecule has 1 aromatic heterocycles. The summed E-state index contributed by atoms with van der Waals surface area (Å²) < 4.78 is 7.44. The number of aromatic nitrogens is 2. The molecule has 1 heterocycles. The summed E-state index contributed by atoms with van der Waals surface area (Å²) in [5.41, 5.74) is 0.260. The van der Waals surface area contributed by atoms with E-state index >= 15 is 0 Å². The van der Waals surface area contributed by atoms with E-state index in [9.17, 15) is 14.9 Å². The summed E-state index contributed by atoms with van der Waals surface area (Å²) in [5.74, 6) is -0.0562. The quantitative estimate of drug-likeness (QED) is 0.610. The SMILES string of the molecule is CCC(C(=O)Nc1ccc([N+](=O)[O-])cc1OC)n1cc(Br)cn1. The number of nitrogens with one attached hydrogen (secondary N) is 1. The number of amides is 1. The van der Waals surface area contributed by atoms with Gasteiger partial charge in [0.15, 0.2) is 0 Å². The number of carbonyl (C=O) groups excluding carboxylic acids is 1. The second-order valence-electron chi connectivity index (χ2n) is 4.69. The van der Waals surface area contributed by atoms with Gasteiger partial charge >= 0.3 is 0 Å². The number of nitro groups is 1. The number of hydrogen-bond donors (Lipinski definition) is 1. The lowest BCUT2D eigenvalue weighted by atomic mass is 10.2. The van der Waals surface area contributed by atoms with Gasteiger partial charge in [-0.05, 0) is 28.4 Å². The molecule has 1 unspecified atom stereocenters. The van der Waals surface area contributed by atoms with Crippen LogP contribution in [0.5, 0.6) is 5.75 Å². The van der Waals surface area contributed by atoms with E-state index in [1.54, 1.807) is 17.1 Å². The van der Waals surface area contributed by atoms with Crippen molar-refractivity contribution in [2.75, 3.05) is 12.4 Å². The largest absolute Gasteiger partial charge is 0.494 e. The van der Waals surface area contributed by atoms with Gasteiger partial charge in [0, 0.05) is 12.3 Å². The number of nitro benzene ring substituents is 1. The Morgan fingerprint density at radius 1 is 1.57 bits per heavy atom. The number of carbonyl (C=O) groups is 1. The van der Waals surface area contributed by atoms with Crippen molar-refractivity contribution >= 4 is 33.2 Å². The Morgan fingerprint density at radius 3 is 2.83 bits per heavy atom. The van der Waals surface area contributed by atoms with Crippen LogP contribution in [-0.2, 0) is 4.79 Å². The zero-order valence-electron chi connectivity index (χ0n) is 12.5. The van der Waals surface area contributed by atoms with Gasteiger partial charge in [-0.15, -0.1) is 0 Å². The fourth-order valence-corrected chi connectivity index (χ4v) is 2.39. The predicted molar refractivity (Wildman–Crippen MR) is 87.5 cm³/mol. The van der Waals surface area contributed by atoms with Gasteiger partial charge in [0.2, 0.25) is 5.91 Å². The highest BCUT2D eigenvalue weighted by molar-refractivity contribution is 9.10.